The average Bonchev–Trinajstić information content (AvgIpc) is 3.26. The SMILES string of the molecule is Cc1ccc2nc(-c3ccccc3)cc(C(=O)Nc3nc(CN4CCOCC4)cs3)c2c1. The molecule has 0 spiro atoms. The zero-order valence-corrected chi connectivity index (χ0v) is 18.7. The molecule has 1 saturated heterocycles. The Kier molecular flexibility index (Phi) is 5.94. The molecule has 1 amide bonds. The predicted octanol–water partition coefficient (Wildman–Crippen LogP) is 4.75. The number of fused-ring (bicyclic) bond motifs is 1. The van der Waals surface area contributed by atoms with Crippen LogP contribution in [0.15, 0.2) is 60.0 Å². The number of aromatic nitrogens is 2. The van der Waals surface area contributed by atoms with Crippen molar-refractivity contribution in [2.75, 3.05) is 31.6 Å². The van der Waals surface area contributed by atoms with E-state index in [0.717, 1.165) is 66.3 Å². The maximum absolute atomic E-state index is 13.3. The summed E-state index contributed by atoms with van der Waals surface area (Å²) in [6.45, 7) is 6.11. The molecule has 6 nitrogen and oxygen atoms in total. The van der Waals surface area contributed by atoms with Crippen LogP contribution in [0.4, 0.5) is 5.13 Å². The van der Waals surface area contributed by atoms with Crippen molar-refractivity contribution in [1.82, 2.24) is 14.9 Å². The lowest BCUT2D eigenvalue weighted by molar-refractivity contribution is 0.0337. The summed E-state index contributed by atoms with van der Waals surface area (Å²) in [5, 5.41) is 6.46. The summed E-state index contributed by atoms with van der Waals surface area (Å²) in [4.78, 5) is 25.1. The van der Waals surface area contributed by atoms with Crippen LogP contribution in [0, 0.1) is 6.92 Å². The van der Waals surface area contributed by atoms with Crippen LogP contribution >= 0.6 is 11.3 Å². The van der Waals surface area contributed by atoms with Gasteiger partial charge in [0.25, 0.3) is 5.91 Å². The summed E-state index contributed by atoms with van der Waals surface area (Å²) >= 11 is 1.45. The van der Waals surface area contributed by atoms with E-state index in [4.69, 9.17) is 9.72 Å². The van der Waals surface area contributed by atoms with Crippen LogP contribution in [0.2, 0.25) is 0 Å². The van der Waals surface area contributed by atoms with Crippen molar-refractivity contribution in [2.45, 2.75) is 13.5 Å². The number of pyridine rings is 1. The van der Waals surface area contributed by atoms with E-state index in [1.807, 2.05) is 66.9 Å². The number of rotatable bonds is 5. The fourth-order valence-corrected chi connectivity index (χ4v) is 4.57. The van der Waals surface area contributed by atoms with Gasteiger partial charge >= 0.3 is 0 Å². The largest absolute Gasteiger partial charge is 0.379 e. The van der Waals surface area contributed by atoms with Crippen LogP contribution in [-0.4, -0.2) is 47.1 Å². The number of morpholine rings is 1. The molecule has 0 aliphatic carbocycles. The summed E-state index contributed by atoms with van der Waals surface area (Å²) in [6, 6.07) is 17.8. The van der Waals surface area contributed by atoms with Crippen molar-refractivity contribution >= 4 is 33.3 Å². The van der Waals surface area contributed by atoms with Gasteiger partial charge in [0.15, 0.2) is 5.13 Å². The Morgan fingerprint density at radius 1 is 1.09 bits per heavy atom. The smallest absolute Gasteiger partial charge is 0.258 e. The van der Waals surface area contributed by atoms with Crippen molar-refractivity contribution in [1.29, 1.82) is 0 Å². The summed E-state index contributed by atoms with van der Waals surface area (Å²) in [5.74, 6) is -0.174. The molecule has 0 unspecified atom stereocenters. The molecule has 0 atom stereocenters. The van der Waals surface area contributed by atoms with Gasteiger partial charge in [-0.1, -0.05) is 42.0 Å². The Hall–Kier alpha value is -3.13. The number of hydrogen-bond acceptors (Lipinski definition) is 6. The molecular formula is C25H24N4O2S. The molecule has 2 aromatic carbocycles. The molecule has 1 N–H and O–H groups in total. The third kappa shape index (κ3) is 4.55. The number of anilines is 1. The molecule has 0 bridgehead atoms. The molecule has 0 radical (unpaired) electrons. The Morgan fingerprint density at radius 3 is 2.72 bits per heavy atom. The minimum absolute atomic E-state index is 0.174. The number of amides is 1. The van der Waals surface area contributed by atoms with E-state index >= 15 is 0 Å². The van der Waals surface area contributed by atoms with Gasteiger partial charge in [0.2, 0.25) is 0 Å². The van der Waals surface area contributed by atoms with E-state index in [9.17, 15) is 4.79 Å². The van der Waals surface area contributed by atoms with Gasteiger partial charge in [-0.15, -0.1) is 11.3 Å². The molecule has 1 fully saturated rings. The normalized spacial score (nSPS) is 14.5. The molecular weight excluding hydrogens is 420 g/mol. The number of benzene rings is 2. The second-order valence-electron chi connectivity index (χ2n) is 7.93. The quantitative estimate of drug-likeness (QED) is 0.481. The Balaban J connectivity index is 1.43. The number of hydrogen-bond donors (Lipinski definition) is 1. The van der Waals surface area contributed by atoms with Crippen LogP contribution in [0.25, 0.3) is 22.2 Å². The Labute approximate surface area is 190 Å². The lowest BCUT2D eigenvalue weighted by atomic mass is 10.0. The number of carbonyl (C=O) groups is 1. The van der Waals surface area contributed by atoms with Crippen LogP contribution in [-0.2, 0) is 11.3 Å². The first kappa shape index (κ1) is 20.8. The summed E-state index contributed by atoms with van der Waals surface area (Å²) in [6.07, 6.45) is 0. The van der Waals surface area contributed by atoms with E-state index in [-0.39, 0.29) is 5.91 Å². The molecule has 5 rings (SSSR count). The lowest BCUT2D eigenvalue weighted by Crippen LogP contribution is -2.35. The van der Waals surface area contributed by atoms with Gasteiger partial charge < -0.3 is 4.74 Å². The van der Waals surface area contributed by atoms with Crippen LogP contribution in [0.5, 0.6) is 0 Å². The minimum atomic E-state index is -0.174. The molecule has 7 heteroatoms. The number of ether oxygens (including phenoxy) is 1. The highest BCUT2D eigenvalue weighted by atomic mass is 32.1. The van der Waals surface area contributed by atoms with Crippen LogP contribution < -0.4 is 5.32 Å². The van der Waals surface area contributed by atoms with E-state index < -0.39 is 0 Å². The molecule has 162 valence electrons. The first-order valence-corrected chi connectivity index (χ1v) is 11.6. The third-order valence-corrected chi connectivity index (χ3v) is 6.35. The molecule has 1 aliphatic rings. The highest BCUT2D eigenvalue weighted by Crippen LogP contribution is 2.27. The van der Waals surface area contributed by atoms with Gasteiger partial charge in [0.05, 0.1) is 35.7 Å². The molecule has 0 saturated carbocycles. The number of thiazole rings is 1. The van der Waals surface area contributed by atoms with Crippen molar-refractivity contribution in [3.8, 4) is 11.3 Å². The van der Waals surface area contributed by atoms with Gasteiger partial charge in [-0.2, -0.15) is 0 Å². The second-order valence-corrected chi connectivity index (χ2v) is 8.79. The number of aryl methyl sites for hydroxylation is 1. The molecule has 32 heavy (non-hydrogen) atoms. The van der Waals surface area contributed by atoms with Gasteiger partial charge in [-0.3, -0.25) is 15.0 Å². The fourth-order valence-electron chi connectivity index (χ4n) is 3.87. The van der Waals surface area contributed by atoms with Crippen LogP contribution in [0.1, 0.15) is 21.6 Å². The first-order valence-electron chi connectivity index (χ1n) is 10.7. The zero-order valence-electron chi connectivity index (χ0n) is 17.9. The molecule has 2 aromatic heterocycles. The highest BCUT2D eigenvalue weighted by molar-refractivity contribution is 7.14. The molecule has 3 heterocycles. The number of nitrogens with one attached hydrogen (secondary N) is 1. The monoisotopic (exact) mass is 444 g/mol. The van der Waals surface area contributed by atoms with Crippen molar-refractivity contribution in [3.05, 3.63) is 76.8 Å². The van der Waals surface area contributed by atoms with Gasteiger partial charge in [0.1, 0.15) is 0 Å². The summed E-state index contributed by atoms with van der Waals surface area (Å²) in [5.41, 5.74) is 5.21. The number of carbonyl (C=O) groups excluding carboxylic acids is 1. The van der Waals surface area contributed by atoms with Gasteiger partial charge in [0, 0.05) is 36.0 Å². The second kappa shape index (κ2) is 9.16. The van der Waals surface area contributed by atoms with Gasteiger partial charge in [-0.05, 0) is 25.1 Å². The predicted molar refractivity (Wildman–Crippen MR) is 128 cm³/mol. The Bertz CT molecular complexity index is 1250. The minimum Gasteiger partial charge on any atom is -0.379 e. The fraction of sp³-hybridized carbons (Fsp3) is 0.240. The maximum Gasteiger partial charge on any atom is 0.258 e. The maximum atomic E-state index is 13.3. The summed E-state index contributed by atoms with van der Waals surface area (Å²) in [7, 11) is 0. The Morgan fingerprint density at radius 2 is 1.91 bits per heavy atom. The van der Waals surface area contributed by atoms with Gasteiger partial charge in [-0.25, -0.2) is 9.97 Å². The van der Waals surface area contributed by atoms with Crippen molar-refractivity contribution < 1.29 is 9.53 Å². The van der Waals surface area contributed by atoms with Crippen molar-refractivity contribution in [2.24, 2.45) is 0 Å². The van der Waals surface area contributed by atoms with E-state index in [1.165, 1.54) is 11.3 Å². The number of nitrogens with zero attached hydrogens (tertiary/aromatic N) is 3. The average molecular weight is 445 g/mol. The highest BCUT2D eigenvalue weighted by Gasteiger charge is 2.17. The molecule has 1 aliphatic heterocycles. The van der Waals surface area contributed by atoms with Crippen LogP contribution in [0.3, 0.4) is 0 Å². The van der Waals surface area contributed by atoms with E-state index in [2.05, 4.69) is 15.2 Å². The lowest BCUT2D eigenvalue weighted by Gasteiger charge is -2.25. The standard InChI is InChI=1S/C25H24N4O2S/c1-17-7-8-22-20(13-17)21(14-23(27-22)18-5-3-2-4-6-18)24(30)28-25-26-19(16-32-25)15-29-9-11-31-12-10-29/h2-8,13-14,16H,9-12,15H2,1H3,(H,26,28,30). The van der Waals surface area contributed by atoms with E-state index in [1.54, 1.807) is 0 Å². The molecule has 4 aromatic rings. The van der Waals surface area contributed by atoms with E-state index in [0.29, 0.717) is 10.7 Å². The van der Waals surface area contributed by atoms with Crippen molar-refractivity contribution in [3.63, 3.8) is 0 Å². The summed E-state index contributed by atoms with van der Waals surface area (Å²) < 4.78 is 5.41. The zero-order chi connectivity index (χ0) is 21.9. The third-order valence-electron chi connectivity index (χ3n) is 5.54. The first-order chi connectivity index (χ1) is 15.7. The topological polar surface area (TPSA) is 67.4 Å².